The Bertz CT molecular complexity index is 903. The molecule has 5 nitrogen and oxygen atoms in total. The molecule has 0 saturated heterocycles. The smallest absolute Gasteiger partial charge is 0.272 e. The van der Waals surface area contributed by atoms with E-state index in [0.29, 0.717) is 17.3 Å². The number of aromatic amines is 1. The lowest BCUT2D eigenvalue weighted by Gasteiger charge is -2.16. The van der Waals surface area contributed by atoms with E-state index < -0.39 is 0 Å². The number of rotatable bonds is 5. The number of nitrogens with zero attached hydrogens (tertiary/aromatic N) is 1. The van der Waals surface area contributed by atoms with Gasteiger partial charge < -0.3 is 5.32 Å². The van der Waals surface area contributed by atoms with Gasteiger partial charge in [-0.3, -0.25) is 9.59 Å². The molecule has 1 heterocycles. The van der Waals surface area contributed by atoms with Crippen LogP contribution in [0.3, 0.4) is 0 Å². The predicted octanol–water partition coefficient (Wildman–Crippen LogP) is 2.85. The van der Waals surface area contributed by atoms with Gasteiger partial charge in [-0.05, 0) is 18.1 Å². The Kier molecular flexibility index (Phi) is 4.70. The maximum atomic E-state index is 12.5. The van der Waals surface area contributed by atoms with Crippen molar-refractivity contribution in [3.8, 4) is 0 Å². The molecule has 5 heteroatoms. The zero-order chi connectivity index (χ0) is 16.9. The molecule has 2 N–H and O–H groups in total. The van der Waals surface area contributed by atoms with Crippen molar-refractivity contribution in [2.75, 3.05) is 6.54 Å². The van der Waals surface area contributed by atoms with Gasteiger partial charge in [0.15, 0.2) is 5.69 Å². The fourth-order valence-electron chi connectivity index (χ4n) is 2.81. The van der Waals surface area contributed by atoms with Crippen LogP contribution in [0.5, 0.6) is 0 Å². The number of H-pyrrole nitrogens is 1. The highest BCUT2D eigenvalue weighted by molar-refractivity contribution is 6.04. The molecule has 1 unspecified atom stereocenters. The molecule has 1 atom stereocenters. The molecule has 0 saturated carbocycles. The summed E-state index contributed by atoms with van der Waals surface area (Å²) in [5.41, 5.74) is 1.14. The number of fused-ring (bicyclic) bond motifs is 1. The van der Waals surface area contributed by atoms with Crippen molar-refractivity contribution in [2.45, 2.75) is 19.3 Å². The number of carbonyl (C=O) groups is 1. The van der Waals surface area contributed by atoms with Crippen molar-refractivity contribution < 1.29 is 4.79 Å². The Morgan fingerprint density at radius 3 is 2.46 bits per heavy atom. The van der Waals surface area contributed by atoms with E-state index >= 15 is 0 Å². The number of hydrogen-bond acceptors (Lipinski definition) is 3. The highest BCUT2D eigenvalue weighted by atomic mass is 16.2. The summed E-state index contributed by atoms with van der Waals surface area (Å²) >= 11 is 0. The van der Waals surface area contributed by atoms with E-state index in [9.17, 15) is 9.59 Å². The molecule has 3 aromatic rings. The second-order valence-electron chi connectivity index (χ2n) is 5.67. The fourth-order valence-corrected chi connectivity index (χ4v) is 2.81. The van der Waals surface area contributed by atoms with Gasteiger partial charge in [0.25, 0.3) is 11.5 Å². The summed E-state index contributed by atoms with van der Waals surface area (Å²) in [6, 6.07) is 17.1. The van der Waals surface area contributed by atoms with E-state index in [1.807, 2.05) is 18.2 Å². The maximum absolute atomic E-state index is 12.5. The van der Waals surface area contributed by atoms with Crippen LogP contribution in [0.2, 0.25) is 0 Å². The van der Waals surface area contributed by atoms with Crippen molar-refractivity contribution in [3.05, 3.63) is 76.2 Å². The first-order chi connectivity index (χ1) is 11.7. The van der Waals surface area contributed by atoms with E-state index in [4.69, 9.17) is 0 Å². The molecule has 0 aliphatic carbocycles. The van der Waals surface area contributed by atoms with Crippen LogP contribution < -0.4 is 10.9 Å². The average molecular weight is 321 g/mol. The molecule has 0 spiro atoms. The summed E-state index contributed by atoms with van der Waals surface area (Å²) in [6.07, 6.45) is 0.921. The first-order valence-corrected chi connectivity index (χ1v) is 8.01. The molecular formula is C19H19N3O2. The summed E-state index contributed by atoms with van der Waals surface area (Å²) in [5.74, 6) is -0.0407. The lowest BCUT2D eigenvalue weighted by atomic mass is 9.96. The van der Waals surface area contributed by atoms with Crippen molar-refractivity contribution in [3.63, 3.8) is 0 Å². The van der Waals surface area contributed by atoms with Gasteiger partial charge in [0.1, 0.15) is 0 Å². The molecule has 2 aromatic carbocycles. The van der Waals surface area contributed by atoms with Crippen molar-refractivity contribution in [1.82, 2.24) is 15.5 Å². The minimum absolute atomic E-state index is 0.240. The maximum Gasteiger partial charge on any atom is 0.272 e. The first kappa shape index (κ1) is 15.9. The van der Waals surface area contributed by atoms with Gasteiger partial charge in [-0.25, -0.2) is 5.10 Å². The minimum Gasteiger partial charge on any atom is -0.350 e. The van der Waals surface area contributed by atoms with Crippen LogP contribution in [0.15, 0.2) is 59.4 Å². The second kappa shape index (κ2) is 7.08. The molecule has 1 amide bonds. The molecule has 3 rings (SSSR count). The van der Waals surface area contributed by atoms with Crippen LogP contribution >= 0.6 is 0 Å². The fraction of sp³-hybridized carbons (Fsp3) is 0.211. The standard InChI is InChI=1S/C19H19N3O2/c1-2-13(14-8-4-3-5-9-14)12-20-19(24)17-15-10-6-7-11-16(15)18(23)22-21-17/h3-11,13H,2,12H2,1H3,(H,20,24)(H,22,23). The van der Waals surface area contributed by atoms with Crippen LogP contribution in [-0.4, -0.2) is 22.6 Å². The van der Waals surface area contributed by atoms with Gasteiger partial charge in [0.05, 0.1) is 5.39 Å². The van der Waals surface area contributed by atoms with Gasteiger partial charge in [-0.1, -0.05) is 55.5 Å². The van der Waals surface area contributed by atoms with Crippen molar-refractivity contribution in [1.29, 1.82) is 0 Å². The number of aromatic nitrogens is 2. The Morgan fingerprint density at radius 2 is 1.75 bits per heavy atom. The van der Waals surface area contributed by atoms with Crippen LogP contribution in [0.1, 0.15) is 35.3 Å². The quantitative estimate of drug-likeness (QED) is 0.759. The van der Waals surface area contributed by atoms with E-state index in [0.717, 1.165) is 6.42 Å². The molecule has 0 radical (unpaired) electrons. The molecule has 1 aromatic heterocycles. The van der Waals surface area contributed by atoms with E-state index in [1.54, 1.807) is 24.3 Å². The zero-order valence-corrected chi connectivity index (χ0v) is 13.5. The summed E-state index contributed by atoms with van der Waals surface area (Å²) in [4.78, 5) is 24.3. The molecule has 122 valence electrons. The summed E-state index contributed by atoms with van der Waals surface area (Å²) in [6.45, 7) is 2.62. The van der Waals surface area contributed by atoms with Crippen LogP contribution in [-0.2, 0) is 0 Å². The lowest BCUT2D eigenvalue weighted by Crippen LogP contribution is -2.30. The molecule has 0 aliphatic heterocycles. The third-order valence-corrected chi connectivity index (χ3v) is 4.18. The number of nitrogens with one attached hydrogen (secondary N) is 2. The molecule has 24 heavy (non-hydrogen) atoms. The monoisotopic (exact) mass is 321 g/mol. The van der Waals surface area contributed by atoms with Gasteiger partial charge >= 0.3 is 0 Å². The van der Waals surface area contributed by atoms with Crippen molar-refractivity contribution >= 4 is 16.7 Å². The molecule has 0 bridgehead atoms. The normalized spacial score (nSPS) is 12.0. The van der Waals surface area contributed by atoms with E-state index in [-0.39, 0.29) is 23.1 Å². The molecular weight excluding hydrogens is 302 g/mol. The number of carbonyl (C=O) groups excluding carboxylic acids is 1. The minimum atomic E-state index is -0.294. The zero-order valence-electron chi connectivity index (χ0n) is 13.5. The largest absolute Gasteiger partial charge is 0.350 e. The Morgan fingerprint density at radius 1 is 1.08 bits per heavy atom. The summed E-state index contributed by atoms with van der Waals surface area (Å²) in [5, 5.41) is 10.3. The Hall–Kier alpha value is -2.95. The third-order valence-electron chi connectivity index (χ3n) is 4.18. The van der Waals surface area contributed by atoms with Crippen LogP contribution in [0, 0.1) is 0 Å². The van der Waals surface area contributed by atoms with Crippen LogP contribution in [0.4, 0.5) is 0 Å². The van der Waals surface area contributed by atoms with Gasteiger partial charge in [-0.2, -0.15) is 5.10 Å². The Balaban J connectivity index is 1.81. The number of amides is 1. The summed E-state index contributed by atoms with van der Waals surface area (Å²) < 4.78 is 0. The van der Waals surface area contributed by atoms with Gasteiger partial charge in [0, 0.05) is 17.8 Å². The number of hydrogen-bond donors (Lipinski definition) is 2. The highest BCUT2D eigenvalue weighted by Gasteiger charge is 2.16. The average Bonchev–Trinajstić information content (AvgIpc) is 2.63. The highest BCUT2D eigenvalue weighted by Crippen LogP contribution is 2.18. The SMILES string of the molecule is CCC(CNC(=O)c1n[nH]c(=O)c2ccccc12)c1ccccc1. The summed E-state index contributed by atoms with van der Waals surface area (Å²) in [7, 11) is 0. The first-order valence-electron chi connectivity index (χ1n) is 8.01. The lowest BCUT2D eigenvalue weighted by molar-refractivity contribution is 0.0946. The third kappa shape index (κ3) is 3.20. The van der Waals surface area contributed by atoms with E-state index in [2.05, 4.69) is 34.6 Å². The van der Waals surface area contributed by atoms with Crippen molar-refractivity contribution in [2.24, 2.45) is 0 Å². The predicted molar refractivity (Wildman–Crippen MR) is 94.2 cm³/mol. The van der Waals surface area contributed by atoms with E-state index in [1.165, 1.54) is 5.56 Å². The second-order valence-corrected chi connectivity index (χ2v) is 5.67. The molecule has 0 aliphatic rings. The molecule has 0 fully saturated rings. The van der Waals surface area contributed by atoms with Gasteiger partial charge in [0.2, 0.25) is 0 Å². The number of benzene rings is 2. The topological polar surface area (TPSA) is 74.8 Å². The van der Waals surface area contributed by atoms with Gasteiger partial charge in [-0.15, -0.1) is 0 Å². The Labute approximate surface area is 139 Å². The van der Waals surface area contributed by atoms with Crippen LogP contribution in [0.25, 0.3) is 10.8 Å².